The zero-order valence-corrected chi connectivity index (χ0v) is 31.5. The largest absolute Gasteiger partial charge is 0.399 e. The lowest BCUT2D eigenvalue weighted by molar-refractivity contribution is -0.384. The molecule has 1 aromatic heterocycles. The SMILES string of the molecule is CC.CC(=O)N1CCC(=O)N2CCCC2CC1.NC(=O)c1cc2cc(C(F)(F)P(=O)(O)O)ccc2s1.O=CNc1ccc(-c2ccccc2)c([N+](=O)[O-])c1. The van der Waals surface area contributed by atoms with Crippen molar-refractivity contribution in [3.63, 3.8) is 0 Å². The molecule has 54 heavy (non-hydrogen) atoms. The van der Waals surface area contributed by atoms with Gasteiger partial charge in [-0.25, -0.2) is 0 Å². The first-order valence-electron chi connectivity index (χ1n) is 16.9. The molecule has 0 bridgehead atoms. The number of fused-ring (bicyclic) bond motifs is 2. The van der Waals surface area contributed by atoms with Crippen LogP contribution in [0.1, 0.15) is 61.7 Å². The second-order valence-electron chi connectivity index (χ2n) is 11.9. The van der Waals surface area contributed by atoms with Crippen molar-refractivity contribution in [2.75, 3.05) is 25.0 Å². The number of nitrogens with one attached hydrogen (secondary N) is 1. The molecule has 3 aromatic carbocycles. The molecule has 0 spiro atoms. The van der Waals surface area contributed by atoms with E-state index in [0.29, 0.717) is 41.4 Å². The van der Waals surface area contributed by atoms with E-state index in [1.807, 2.05) is 36.9 Å². The Morgan fingerprint density at radius 3 is 2.31 bits per heavy atom. The first-order chi connectivity index (χ1) is 25.5. The Labute approximate surface area is 314 Å². The predicted molar refractivity (Wildman–Crippen MR) is 202 cm³/mol. The number of rotatable bonds is 7. The van der Waals surface area contributed by atoms with Crippen molar-refractivity contribution in [2.45, 2.75) is 58.2 Å². The van der Waals surface area contributed by atoms with Gasteiger partial charge in [0, 0.05) is 61.0 Å². The molecule has 6 rings (SSSR count). The fourth-order valence-corrected chi connectivity index (χ4v) is 7.16. The van der Waals surface area contributed by atoms with E-state index < -0.39 is 29.7 Å². The van der Waals surface area contributed by atoms with Crippen molar-refractivity contribution in [1.82, 2.24) is 9.80 Å². The van der Waals surface area contributed by atoms with Crippen molar-refractivity contribution < 1.29 is 47.2 Å². The summed E-state index contributed by atoms with van der Waals surface area (Å²) < 4.78 is 38.3. The minimum absolute atomic E-state index is 0.0342. The summed E-state index contributed by atoms with van der Waals surface area (Å²) in [4.78, 5) is 76.3. The van der Waals surface area contributed by atoms with E-state index in [4.69, 9.17) is 15.5 Å². The highest BCUT2D eigenvalue weighted by atomic mass is 32.1. The van der Waals surface area contributed by atoms with Gasteiger partial charge in [0.05, 0.1) is 15.4 Å². The molecule has 14 nitrogen and oxygen atoms in total. The van der Waals surface area contributed by atoms with Crippen LogP contribution in [0.5, 0.6) is 0 Å². The third-order valence-electron chi connectivity index (χ3n) is 8.45. The molecule has 0 aliphatic carbocycles. The Hall–Kier alpha value is -5.09. The van der Waals surface area contributed by atoms with Crippen LogP contribution in [0, 0.1) is 10.1 Å². The molecule has 5 N–H and O–H groups in total. The summed E-state index contributed by atoms with van der Waals surface area (Å²) in [7, 11) is -5.60. The number of halogens is 2. The number of benzene rings is 3. The van der Waals surface area contributed by atoms with Gasteiger partial charge in [-0.15, -0.1) is 11.3 Å². The lowest BCUT2D eigenvalue weighted by Gasteiger charge is -2.31. The summed E-state index contributed by atoms with van der Waals surface area (Å²) >= 11 is 1.02. The van der Waals surface area contributed by atoms with Crippen molar-refractivity contribution in [2.24, 2.45) is 5.73 Å². The summed E-state index contributed by atoms with van der Waals surface area (Å²) in [5, 5.41) is 13.7. The van der Waals surface area contributed by atoms with E-state index in [-0.39, 0.29) is 27.8 Å². The number of nitro benzene ring substituents is 1. The number of hydrogen-bond donors (Lipinski definition) is 4. The van der Waals surface area contributed by atoms with Gasteiger partial charge in [0.2, 0.25) is 18.2 Å². The molecule has 2 aliphatic heterocycles. The number of carbonyl (C=O) groups is 4. The zero-order valence-electron chi connectivity index (χ0n) is 29.8. The van der Waals surface area contributed by atoms with Gasteiger partial charge in [0.1, 0.15) is 0 Å². The quantitative estimate of drug-likeness (QED) is 0.0677. The van der Waals surface area contributed by atoms with Gasteiger partial charge in [-0.1, -0.05) is 50.2 Å². The molecule has 4 aromatic rings. The van der Waals surface area contributed by atoms with E-state index in [1.165, 1.54) is 18.2 Å². The van der Waals surface area contributed by atoms with Gasteiger partial charge in [-0.2, -0.15) is 8.78 Å². The van der Waals surface area contributed by atoms with Crippen molar-refractivity contribution in [3.05, 3.63) is 93.4 Å². The van der Waals surface area contributed by atoms with Crippen LogP contribution >= 0.6 is 18.9 Å². The number of nitro groups is 1. The number of anilines is 1. The molecule has 2 aliphatic rings. The number of nitrogens with two attached hydrogens (primary N) is 1. The first-order valence-corrected chi connectivity index (χ1v) is 19.3. The Morgan fingerprint density at radius 1 is 1.04 bits per heavy atom. The average Bonchev–Trinajstić information content (AvgIpc) is 3.79. The number of thiophene rings is 1. The van der Waals surface area contributed by atoms with Crippen molar-refractivity contribution in [1.29, 1.82) is 0 Å². The summed E-state index contributed by atoms with van der Waals surface area (Å²) in [5.74, 6) is -0.373. The Morgan fingerprint density at radius 2 is 1.72 bits per heavy atom. The van der Waals surface area contributed by atoms with E-state index in [1.54, 1.807) is 36.1 Å². The summed E-state index contributed by atoms with van der Waals surface area (Å²) in [6.45, 7) is 7.91. The number of primary amides is 1. The number of hydrogen-bond acceptors (Lipinski definition) is 8. The second kappa shape index (κ2) is 19.3. The van der Waals surface area contributed by atoms with E-state index in [0.717, 1.165) is 61.4 Å². The first kappa shape index (κ1) is 43.3. The molecule has 4 amide bonds. The molecule has 2 fully saturated rings. The highest BCUT2D eigenvalue weighted by molar-refractivity contribution is 7.52. The molecule has 0 radical (unpaired) electrons. The standard InChI is InChI=1S/C13H10N2O3.C11H18N2O2.C10H8F2NO4PS.C2H6/c16-9-14-11-6-7-12(13(8-11)15(17)18)10-4-2-1-3-5-10;1-9(14)12-7-4-10-3-2-6-13(10)11(15)5-8-12;11-10(12,18(15,16)17)6-1-2-7-5(3-6)4-8(19-7)9(13)14;1-2/h1-9H,(H,14,16);10H,2-8H2,1H3;1-4H,(H2,13,14)(H2,15,16,17);1-2H3. The fourth-order valence-electron chi connectivity index (χ4n) is 5.79. The molecule has 1 unspecified atom stereocenters. The minimum Gasteiger partial charge on any atom is -0.365 e. The second-order valence-corrected chi connectivity index (χ2v) is 14.6. The maximum Gasteiger partial charge on any atom is 0.399 e. The lowest BCUT2D eigenvalue weighted by Crippen LogP contribution is -2.44. The van der Waals surface area contributed by atoms with Crippen LogP contribution < -0.4 is 11.1 Å². The van der Waals surface area contributed by atoms with Crippen LogP contribution in [-0.4, -0.2) is 74.3 Å². The van der Waals surface area contributed by atoms with Crippen LogP contribution in [0.25, 0.3) is 21.2 Å². The normalized spacial score (nSPS) is 15.5. The monoisotopic (exact) mass is 789 g/mol. The Kier molecular flexibility index (Phi) is 15.5. The number of alkyl halides is 2. The van der Waals surface area contributed by atoms with Gasteiger partial charge in [-0.05, 0) is 60.5 Å². The third-order valence-corrected chi connectivity index (χ3v) is 10.6. The van der Waals surface area contributed by atoms with E-state index >= 15 is 0 Å². The maximum absolute atomic E-state index is 13.5. The lowest BCUT2D eigenvalue weighted by atomic mass is 10.0. The highest BCUT2D eigenvalue weighted by Gasteiger charge is 2.50. The average molecular weight is 790 g/mol. The summed E-state index contributed by atoms with van der Waals surface area (Å²) in [6, 6.07) is 18.5. The molecule has 0 saturated carbocycles. The predicted octanol–water partition coefficient (Wildman–Crippen LogP) is 6.70. The molecular weight excluding hydrogens is 747 g/mol. The van der Waals surface area contributed by atoms with Gasteiger partial charge in [0.25, 0.3) is 11.6 Å². The van der Waals surface area contributed by atoms with E-state index in [2.05, 4.69) is 5.32 Å². The topological polar surface area (TPSA) is 213 Å². The minimum atomic E-state index is -5.60. The molecular formula is C36H42F2N5O9PS. The number of amides is 4. The van der Waals surface area contributed by atoms with E-state index in [9.17, 15) is 42.6 Å². The molecule has 1 atom stereocenters. The number of nitrogens with zero attached hydrogens (tertiary/aromatic N) is 3. The maximum atomic E-state index is 13.5. The molecule has 2 saturated heterocycles. The Balaban J connectivity index is 0.000000214. The fraction of sp³-hybridized carbons (Fsp3) is 0.333. The van der Waals surface area contributed by atoms with Crippen LogP contribution in [-0.2, 0) is 24.6 Å². The molecule has 290 valence electrons. The van der Waals surface area contributed by atoms with Gasteiger partial charge in [-0.3, -0.25) is 33.9 Å². The number of carbonyl (C=O) groups excluding carboxylic acids is 4. The van der Waals surface area contributed by atoms with Crippen LogP contribution in [0.2, 0.25) is 0 Å². The van der Waals surface area contributed by atoms with Gasteiger partial charge < -0.3 is 30.6 Å². The zero-order chi connectivity index (χ0) is 40.2. The van der Waals surface area contributed by atoms with Gasteiger partial charge in [0.15, 0.2) is 0 Å². The molecule has 18 heteroatoms. The summed E-state index contributed by atoms with van der Waals surface area (Å²) in [6.07, 6.45) is 4.16. The van der Waals surface area contributed by atoms with Crippen molar-refractivity contribution >= 4 is 64.5 Å². The highest BCUT2D eigenvalue weighted by Crippen LogP contribution is 2.59. The van der Waals surface area contributed by atoms with Crippen LogP contribution in [0.15, 0.2) is 72.8 Å². The van der Waals surface area contributed by atoms with Gasteiger partial charge >= 0.3 is 13.3 Å². The van der Waals surface area contributed by atoms with Crippen molar-refractivity contribution in [3.8, 4) is 11.1 Å². The Bertz CT molecular complexity index is 2010. The summed E-state index contributed by atoms with van der Waals surface area (Å²) in [5.41, 5.74) is 1.65. The third kappa shape index (κ3) is 11.0. The molecule has 3 heterocycles. The van der Waals surface area contributed by atoms with Crippen LogP contribution in [0.3, 0.4) is 0 Å². The van der Waals surface area contributed by atoms with Crippen LogP contribution in [0.4, 0.5) is 20.2 Å². The smallest absolute Gasteiger partial charge is 0.365 e.